The molecule has 0 aliphatic carbocycles. The molecule has 0 spiro atoms. The fourth-order valence-corrected chi connectivity index (χ4v) is 2.35. The summed E-state index contributed by atoms with van der Waals surface area (Å²) in [7, 11) is 2.02. The van der Waals surface area contributed by atoms with Gasteiger partial charge in [-0.2, -0.15) is 5.10 Å². The number of hydrogen-bond donors (Lipinski definition) is 0. The predicted molar refractivity (Wildman–Crippen MR) is 87.6 cm³/mol. The molecule has 1 aromatic carbocycles. The molecule has 0 saturated carbocycles. The molecule has 2 aromatic heterocycles. The van der Waals surface area contributed by atoms with E-state index in [1.54, 1.807) is 6.20 Å². The molecule has 3 aromatic rings. The van der Waals surface area contributed by atoms with Crippen molar-refractivity contribution in [2.75, 3.05) is 11.9 Å². The molecule has 0 amide bonds. The third-order valence-corrected chi connectivity index (χ3v) is 3.65. The zero-order valence-electron chi connectivity index (χ0n) is 11.6. The van der Waals surface area contributed by atoms with Gasteiger partial charge in [-0.3, -0.25) is 0 Å². The molecule has 2 heterocycles. The van der Waals surface area contributed by atoms with E-state index in [2.05, 4.69) is 30.9 Å². The molecule has 0 radical (unpaired) electrons. The van der Waals surface area contributed by atoms with Gasteiger partial charge in [0.05, 0.1) is 11.9 Å². The van der Waals surface area contributed by atoms with Crippen LogP contribution in [0.15, 0.2) is 65.5 Å². The molecule has 0 fully saturated rings. The van der Waals surface area contributed by atoms with Crippen molar-refractivity contribution < 1.29 is 0 Å². The number of benzene rings is 1. The maximum atomic E-state index is 4.41. The van der Waals surface area contributed by atoms with Gasteiger partial charge < -0.3 is 4.90 Å². The Labute approximate surface area is 132 Å². The topological polar surface area (TPSA) is 34.0 Å². The fourth-order valence-electron chi connectivity index (χ4n) is 2.11. The van der Waals surface area contributed by atoms with Gasteiger partial charge in [0.25, 0.3) is 0 Å². The van der Waals surface area contributed by atoms with E-state index in [4.69, 9.17) is 0 Å². The third-order valence-electron chi connectivity index (χ3n) is 3.18. The fraction of sp³-hybridized carbons (Fsp3) is 0.125. The van der Waals surface area contributed by atoms with Crippen molar-refractivity contribution in [2.24, 2.45) is 0 Å². The average Bonchev–Trinajstić information content (AvgIpc) is 2.97. The first-order valence-corrected chi connectivity index (χ1v) is 7.43. The number of nitrogens with zero attached hydrogens (tertiary/aromatic N) is 4. The van der Waals surface area contributed by atoms with Gasteiger partial charge in [-0.1, -0.05) is 18.2 Å². The van der Waals surface area contributed by atoms with Crippen molar-refractivity contribution >= 4 is 21.7 Å². The molecular formula is C16H15BrN4. The lowest BCUT2D eigenvalue weighted by Crippen LogP contribution is -2.17. The Balaban J connectivity index is 1.74. The van der Waals surface area contributed by atoms with E-state index in [9.17, 15) is 0 Å². The third kappa shape index (κ3) is 3.31. The summed E-state index contributed by atoms with van der Waals surface area (Å²) < 4.78 is 2.87. The molecule has 4 nitrogen and oxygen atoms in total. The molecule has 5 heteroatoms. The lowest BCUT2D eigenvalue weighted by atomic mass is 10.3. The van der Waals surface area contributed by atoms with Gasteiger partial charge in [0.2, 0.25) is 0 Å². The second-order valence-electron chi connectivity index (χ2n) is 4.82. The number of hydrogen-bond acceptors (Lipinski definition) is 3. The lowest BCUT2D eigenvalue weighted by Gasteiger charge is -2.16. The number of para-hydroxylation sites is 1. The van der Waals surface area contributed by atoms with Crippen molar-refractivity contribution in [2.45, 2.75) is 6.54 Å². The molecular weight excluding hydrogens is 328 g/mol. The van der Waals surface area contributed by atoms with Crippen LogP contribution in [-0.4, -0.2) is 21.8 Å². The highest BCUT2D eigenvalue weighted by atomic mass is 79.9. The number of pyridine rings is 1. The number of aromatic nitrogens is 3. The van der Waals surface area contributed by atoms with Crippen molar-refractivity contribution in [3.8, 4) is 5.69 Å². The summed E-state index contributed by atoms with van der Waals surface area (Å²) in [6.07, 6.45) is 5.74. The Morgan fingerprint density at radius 1 is 1.10 bits per heavy atom. The molecule has 0 saturated heterocycles. The van der Waals surface area contributed by atoms with Crippen LogP contribution in [0.5, 0.6) is 0 Å². The number of rotatable bonds is 4. The number of anilines is 1. The second-order valence-corrected chi connectivity index (χ2v) is 5.74. The summed E-state index contributed by atoms with van der Waals surface area (Å²) in [5.41, 5.74) is 2.21. The summed E-state index contributed by atoms with van der Waals surface area (Å²) in [6.45, 7) is 0.765. The van der Waals surface area contributed by atoms with Crippen LogP contribution >= 0.6 is 15.9 Å². The zero-order valence-corrected chi connectivity index (χ0v) is 13.2. The molecule has 0 bridgehead atoms. The van der Waals surface area contributed by atoms with E-state index in [1.807, 2.05) is 66.6 Å². The Morgan fingerprint density at radius 3 is 2.62 bits per heavy atom. The summed E-state index contributed by atoms with van der Waals surface area (Å²) >= 11 is 3.40. The van der Waals surface area contributed by atoms with Crippen molar-refractivity contribution in [3.05, 3.63) is 71.1 Å². The predicted octanol–water partition coefficient (Wildman–Crippen LogP) is 3.67. The molecule has 0 unspecified atom stereocenters. The first-order chi connectivity index (χ1) is 10.2. The van der Waals surface area contributed by atoms with Gasteiger partial charge in [-0.05, 0) is 40.2 Å². The van der Waals surface area contributed by atoms with Crippen LogP contribution in [0.1, 0.15) is 5.56 Å². The first kappa shape index (κ1) is 13.8. The maximum Gasteiger partial charge on any atom is 0.128 e. The average molecular weight is 343 g/mol. The van der Waals surface area contributed by atoms with Gasteiger partial charge in [-0.25, -0.2) is 9.67 Å². The normalized spacial score (nSPS) is 10.6. The highest BCUT2D eigenvalue weighted by Gasteiger charge is 2.06. The van der Waals surface area contributed by atoms with Crippen LogP contribution in [0, 0.1) is 0 Å². The van der Waals surface area contributed by atoms with Crippen LogP contribution in [0.4, 0.5) is 5.82 Å². The minimum absolute atomic E-state index is 0.765. The standard InChI is InChI=1S/C16H15BrN4/c1-20(16-8-7-14(17)10-18-16)11-13-9-19-21(12-13)15-5-3-2-4-6-15/h2-10,12H,11H2,1H3. The van der Waals surface area contributed by atoms with E-state index in [0.29, 0.717) is 0 Å². The van der Waals surface area contributed by atoms with Crippen molar-refractivity contribution in [1.82, 2.24) is 14.8 Å². The van der Waals surface area contributed by atoms with Crippen LogP contribution in [-0.2, 0) is 6.54 Å². The highest BCUT2D eigenvalue weighted by Crippen LogP contribution is 2.16. The van der Waals surface area contributed by atoms with Gasteiger partial charge in [0.15, 0.2) is 0 Å². The molecule has 0 aliphatic heterocycles. The van der Waals surface area contributed by atoms with E-state index in [0.717, 1.165) is 28.1 Å². The molecule has 0 atom stereocenters. The number of halogens is 1. The first-order valence-electron chi connectivity index (χ1n) is 6.64. The molecule has 3 rings (SSSR count). The van der Waals surface area contributed by atoms with Crippen molar-refractivity contribution in [3.63, 3.8) is 0 Å². The molecule has 0 aliphatic rings. The SMILES string of the molecule is CN(Cc1cnn(-c2ccccc2)c1)c1ccc(Br)cn1. The van der Waals surface area contributed by atoms with Crippen molar-refractivity contribution in [1.29, 1.82) is 0 Å². The Morgan fingerprint density at radius 2 is 1.90 bits per heavy atom. The summed E-state index contributed by atoms with van der Waals surface area (Å²) in [5, 5.41) is 4.41. The van der Waals surface area contributed by atoms with E-state index < -0.39 is 0 Å². The largest absolute Gasteiger partial charge is 0.355 e. The van der Waals surface area contributed by atoms with Gasteiger partial charge in [-0.15, -0.1) is 0 Å². The summed E-state index contributed by atoms with van der Waals surface area (Å²) in [6, 6.07) is 14.1. The molecule has 106 valence electrons. The van der Waals surface area contributed by atoms with Crippen LogP contribution in [0.2, 0.25) is 0 Å². The quantitative estimate of drug-likeness (QED) is 0.725. The maximum absolute atomic E-state index is 4.41. The monoisotopic (exact) mass is 342 g/mol. The van der Waals surface area contributed by atoms with Crippen LogP contribution in [0.25, 0.3) is 5.69 Å². The Bertz CT molecular complexity index is 707. The van der Waals surface area contributed by atoms with Gasteiger partial charge in [0.1, 0.15) is 5.82 Å². The highest BCUT2D eigenvalue weighted by molar-refractivity contribution is 9.10. The summed E-state index contributed by atoms with van der Waals surface area (Å²) in [5.74, 6) is 0.936. The van der Waals surface area contributed by atoms with Gasteiger partial charge in [0, 0.05) is 36.0 Å². The van der Waals surface area contributed by atoms with Gasteiger partial charge >= 0.3 is 0 Å². The Kier molecular flexibility index (Phi) is 4.01. The summed E-state index contributed by atoms with van der Waals surface area (Å²) in [4.78, 5) is 6.49. The van der Waals surface area contributed by atoms with E-state index in [-0.39, 0.29) is 0 Å². The smallest absolute Gasteiger partial charge is 0.128 e. The minimum Gasteiger partial charge on any atom is -0.355 e. The molecule has 21 heavy (non-hydrogen) atoms. The van der Waals surface area contributed by atoms with E-state index >= 15 is 0 Å². The van der Waals surface area contributed by atoms with E-state index in [1.165, 1.54) is 0 Å². The molecule has 0 N–H and O–H groups in total. The second kappa shape index (κ2) is 6.10. The minimum atomic E-state index is 0.765. The zero-order chi connectivity index (χ0) is 14.7. The van der Waals surface area contributed by atoms with Crippen LogP contribution in [0.3, 0.4) is 0 Å². The Hall–Kier alpha value is -2.14. The van der Waals surface area contributed by atoms with Crippen LogP contribution < -0.4 is 4.90 Å². The lowest BCUT2D eigenvalue weighted by molar-refractivity contribution is 0.875.